The molecule has 10 heteroatoms. The van der Waals surface area contributed by atoms with Gasteiger partial charge in [-0.2, -0.15) is 11.8 Å². The van der Waals surface area contributed by atoms with Crippen LogP contribution in [0.2, 0.25) is 0 Å². The van der Waals surface area contributed by atoms with Crippen LogP contribution in [0.1, 0.15) is 59.1 Å². The van der Waals surface area contributed by atoms with Gasteiger partial charge in [0.15, 0.2) is 0 Å². The highest BCUT2D eigenvalue weighted by Crippen LogP contribution is 2.30. The third-order valence-electron chi connectivity index (χ3n) is 6.41. The van der Waals surface area contributed by atoms with Crippen molar-refractivity contribution in [3.05, 3.63) is 77.8 Å². The standard InChI is InChI=1S/C28H33N5O4S/c1-20-6-7-24(28(36)30-13-17-38-19-23-5-3-16-37-23)27(31-20)21-10-14-33(15-11-21)26(35)9-8-25(34)32-22-4-2-12-29-18-22/h2-7,12,16,18,21H,8-11,13-15,17,19H2,1H3,(H,30,36)(H,32,34). The summed E-state index contributed by atoms with van der Waals surface area (Å²) in [5, 5.41) is 5.77. The number of amides is 3. The summed E-state index contributed by atoms with van der Waals surface area (Å²) in [6, 6.07) is 11.0. The number of anilines is 1. The summed E-state index contributed by atoms with van der Waals surface area (Å²) < 4.78 is 5.33. The Morgan fingerprint density at radius 2 is 1.95 bits per heavy atom. The smallest absolute Gasteiger partial charge is 0.253 e. The van der Waals surface area contributed by atoms with Gasteiger partial charge in [0.2, 0.25) is 11.8 Å². The van der Waals surface area contributed by atoms with Gasteiger partial charge in [0.05, 0.1) is 35.2 Å². The Kier molecular flexibility index (Phi) is 9.91. The minimum absolute atomic E-state index is 0.0352. The van der Waals surface area contributed by atoms with Gasteiger partial charge in [-0.1, -0.05) is 0 Å². The molecule has 0 spiro atoms. The molecule has 2 N–H and O–H groups in total. The molecule has 3 aromatic rings. The largest absolute Gasteiger partial charge is 0.468 e. The Hall–Kier alpha value is -3.66. The summed E-state index contributed by atoms with van der Waals surface area (Å²) in [4.78, 5) is 48.4. The molecule has 200 valence electrons. The lowest BCUT2D eigenvalue weighted by atomic mass is 9.89. The Morgan fingerprint density at radius 3 is 2.68 bits per heavy atom. The Bertz CT molecular complexity index is 1210. The molecule has 38 heavy (non-hydrogen) atoms. The summed E-state index contributed by atoms with van der Waals surface area (Å²) in [6.07, 6.45) is 6.59. The van der Waals surface area contributed by atoms with E-state index in [1.165, 1.54) is 0 Å². The second-order valence-corrected chi connectivity index (χ2v) is 10.3. The lowest BCUT2D eigenvalue weighted by Crippen LogP contribution is -2.39. The lowest BCUT2D eigenvalue weighted by molar-refractivity contribution is -0.133. The second-order valence-electron chi connectivity index (χ2n) is 9.22. The van der Waals surface area contributed by atoms with E-state index in [0.717, 1.165) is 41.5 Å². The maximum atomic E-state index is 13.0. The van der Waals surface area contributed by atoms with E-state index in [4.69, 9.17) is 9.40 Å². The van der Waals surface area contributed by atoms with E-state index in [-0.39, 0.29) is 36.5 Å². The molecule has 0 bridgehead atoms. The van der Waals surface area contributed by atoms with Crippen LogP contribution in [0.25, 0.3) is 0 Å². The van der Waals surface area contributed by atoms with E-state index in [1.807, 2.05) is 31.2 Å². The normalized spacial score (nSPS) is 13.8. The van der Waals surface area contributed by atoms with Crippen LogP contribution in [0.15, 0.2) is 59.5 Å². The average Bonchev–Trinajstić information content (AvgIpc) is 3.46. The number of furan rings is 1. The molecule has 4 heterocycles. The number of pyridine rings is 2. The molecule has 0 aliphatic carbocycles. The molecule has 4 rings (SSSR count). The minimum atomic E-state index is -0.208. The number of hydrogen-bond donors (Lipinski definition) is 2. The van der Waals surface area contributed by atoms with Gasteiger partial charge in [-0.3, -0.25) is 24.4 Å². The molecule has 9 nitrogen and oxygen atoms in total. The number of likely N-dealkylation sites (tertiary alicyclic amines) is 1. The summed E-state index contributed by atoms with van der Waals surface area (Å²) >= 11 is 1.70. The van der Waals surface area contributed by atoms with E-state index in [2.05, 4.69) is 15.6 Å². The number of rotatable bonds is 11. The maximum absolute atomic E-state index is 13.0. The van der Waals surface area contributed by atoms with Crippen LogP contribution in [0, 0.1) is 6.92 Å². The first-order chi connectivity index (χ1) is 18.5. The number of aromatic nitrogens is 2. The Balaban J connectivity index is 1.23. The van der Waals surface area contributed by atoms with Crippen LogP contribution in [0.5, 0.6) is 0 Å². The number of carbonyl (C=O) groups excluding carboxylic acids is 3. The Morgan fingerprint density at radius 1 is 1.11 bits per heavy atom. The van der Waals surface area contributed by atoms with Crippen molar-refractivity contribution in [3.8, 4) is 0 Å². The molecule has 0 atom stereocenters. The topological polar surface area (TPSA) is 117 Å². The SMILES string of the molecule is Cc1ccc(C(=O)NCCSCc2ccco2)c(C2CCN(C(=O)CCC(=O)Nc3cccnc3)CC2)n1. The van der Waals surface area contributed by atoms with Crippen molar-refractivity contribution in [3.63, 3.8) is 0 Å². The van der Waals surface area contributed by atoms with Gasteiger partial charge >= 0.3 is 0 Å². The van der Waals surface area contributed by atoms with Gasteiger partial charge in [-0.25, -0.2) is 0 Å². The molecule has 0 saturated carbocycles. The molecular formula is C28H33N5O4S. The van der Waals surface area contributed by atoms with Gasteiger partial charge in [0.25, 0.3) is 5.91 Å². The summed E-state index contributed by atoms with van der Waals surface area (Å²) in [5.74, 6) is 2.21. The molecular weight excluding hydrogens is 502 g/mol. The number of nitrogens with zero attached hydrogens (tertiary/aromatic N) is 3. The molecule has 3 amide bonds. The van der Waals surface area contributed by atoms with Crippen LogP contribution >= 0.6 is 11.8 Å². The fourth-order valence-electron chi connectivity index (χ4n) is 4.42. The summed E-state index contributed by atoms with van der Waals surface area (Å²) in [7, 11) is 0. The van der Waals surface area contributed by atoms with Crippen molar-refractivity contribution in [2.75, 3.05) is 30.7 Å². The number of piperidine rings is 1. The third kappa shape index (κ3) is 7.92. The van der Waals surface area contributed by atoms with Crippen molar-refractivity contribution in [2.45, 2.75) is 44.3 Å². The highest BCUT2D eigenvalue weighted by Gasteiger charge is 2.28. The van der Waals surface area contributed by atoms with Crippen LogP contribution in [0.3, 0.4) is 0 Å². The van der Waals surface area contributed by atoms with Gasteiger partial charge in [-0.05, 0) is 56.2 Å². The first-order valence-corrected chi connectivity index (χ1v) is 14.0. The predicted octanol–water partition coefficient (Wildman–Crippen LogP) is 4.17. The predicted molar refractivity (Wildman–Crippen MR) is 147 cm³/mol. The first-order valence-electron chi connectivity index (χ1n) is 12.8. The molecule has 0 radical (unpaired) electrons. The lowest BCUT2D eigenvalue weighted by Gasteiger charge is -2.32. The quantitative estimate of drug-likeness (QED) is 0.354. The van der Waals surface area contributed by atoms with E-state index in [0.29, 0.717) is 30.9 Å². The fourth-order valence-corrected chi connectivity index (χ4v) is 5.18. The zero-order valence-electron chi connectivity index (χ0n) is 21.5. The van der Waals surface area contributed by atoms with Crippen LogP contribution in [-0.2, 0) is 15.3 Å². The highest BCUT2D eigenvalue weighted by atomic mass is 32.2. The summed E-state index contributed by atoms with van der Waals surface area (Å²) in [6.45, 7) is 3.63. The van der Waals surface area contributed by atoms with Crippen LogP contribution in [-0.4, -0.2) is 58.0 Å². The van der Waals surface area contributed by atoms with Crippen molar-refractivity contribution in [1.29, 1.82) is 0 Å². The number of carbonyl (C=O) groups is 3. The van der Waals surface area contributed by atoms with Crippen molar-refractivity contribution >= 4 is 35.2 Å². The number of thioether (sulfide) groups is 1. The van der Waals surface area contributed by atoms with Gasteiger partial charge in [-0.15, -0.1) is 0 Å². The van der Waals surface area contributed by atoms with E-state index in [9.17, 15) is 14.4 Å². The van der Waals surface area contributed by atoms with Gasteiger partial charge < -0.3 is 20.0 Å². The van der Waals surface area contributed by atoms with Crippen LogP contribution in [0.4, 0.5) is 5.69 Å². The zero-order valence-corrected chi connectivity index (χ0v) is 22.3. The highest BCUT2D eigenvalue weighted by molar-refractivity contribution is 7.98. The second kappa shape index (κ2) is 13.8. The molecule has 1 aliphatic rings. The fraction of sp³-hybridized carbons (Fsp3) is 0.393. The van der Waals surface area contributed by atoms with E-state index >= 15 is 0 Å². The molecule has 1 fully saturated rings. The molecule has 0 unspecified atom stereocenters. The van der Waals surface area contributed by atoms with Gasteiger partial charge in [0.1, 0.15) is 5.76 Å². The van der Waals surface area contributed by atoms with Crippen molar-refractivity contribution in [2.24, 2.45) is 0 Å². The number of hydrogen-bond acceptors (Lipinski definition) is 7. The minimum Gasteiger partial charge on any atom is -0.468 e. The third-order valence-corrected chi connectivity index (χ3v) is 7.39. The van der Waals surface area contributed by atoms with E-state index in [1.54, 1.807) is 47.5 Å². The molecule has 1 saturated heterocycles. The maximum Gasteiger partial charge on any atom is 0.253 e. The summed E-state index contributed by atoms with van der Waals surface area (Å²) in [5.41, 5.74) is 2.88. The number of nitrogens with one attached hydrogen (secondary N) is 2. The Labute approximate surface area is 226 Å². The van der Waals surface area contributed by atoms with Crippen LogP contribution < -0.4 is 10.6 Å². The molecule has 1 aliphatic heterocycles. The van der Waals surface area contributed by atoms with E-state index < -0.39 is 0 Å². The van der Waals surface area contributed by atoms with Crippen molar-refractivity contribution < 1.29 is 18.8 Å². The first kappa shape index (κ1) is 27.4. The van der Waals surface area contributed by atoms with Crippen molar-refractivity contribution in [1.82, 2.24) is 20.2 Å². The van der Waals surface area contributed by atoms with Gasteiger partial charge in [0, 0.05) is 56.0 Å². The zero-order chi connectivity index (χ0) is 26.7. The monoisotopic (exact) mass is 535 g/mol. The molecule has 3 aromatic heterocycles. The number of aryl methyl sites for hydroxylation is 1. The average molecular weight is 536 g/mol. The molecule has 0 aromatic carbocycles.